The van der Waals surface area contributed by atoms with Crippen molar-refractivity contribution in [3.05, 3.63) is 0 Å². The number of rotatable bonds is 4. The van der Waals surface area contributed by atoms with Gasteiger partial charge in [0, 0.05) is 12.6 Å². The summed E-state index contributed by atoms with van der Waals surface area (Å²) >= 11 is 0. The minimum atomic E-state index is -4.63. The molecule has 7 heteroatoms. The molecule has 0 radical (unpaired) electrons. The molecule has 0 aromatic carbocycles. The van der Waals surface area contributed by atoms with Gasteiger partial charge in [0.1, 0.15) is 0 Å². The average Bonchev–Trinajstić information content (AvgIpc) is 2.28. The number of alkyl halides is 3. The van der Waals surface area contributed by atoms with E-state index >= 15 is 0 Å². The molecule has 0 aromatic rings. The van der Waals surface area contributed by atoms with Gasteiger partial charge in [-0.15, -0.1) is 0 Å². The molecule has 3 N–H and O–H groups in total. The fourth-order valence-corrected chi connectivity index (χ4v) is 2.90. The molecule has 1 aliphatic rings. The monoisotopic (exact) mass is 297 g/mol. The molecule has 118 valence electrons. The van der Waals surface area contributed by atoms with Crippen LogP contribution in [-0.2, 0) is 4.79 Å². The molecule has 0 amide bonds. The minimum absolute atomic E-state index is 0.0993. The van der Waals surface area contributed by atoms with Crippen LogP contribution in [0.25, 0.3) is 0 Å². The zero-order valence-corrected chi connectivity index (χ0v) is 11.9. The Morgan fingerprint density at radius 3 is 2.40 bits per heavy atom. The van der Waals surface area contributed by atoms with Crippen molar-refractivity contribution in [2.75, 3.05) is 6.54 Å². The van der Waals surface area contributed by atoms with E-state index in [-0.39, 0.29) is 12.0 Å². The van der Waals surface area contributed by atoms with Crippen LogP contribution >= 0.6 is 0 Å². The van der Waals surface area contributed by atoms with E-state index in [0.717, 1.165) is 0 Å². The van der Waals surface area contributed by atoms with Crippen molar-refractivity contribution in [3.63, 3.8) is 0 Å². The number of hydrogen-bond acceptors (Lipinski definition) is 3. The van der Waals surface area contributed by atoms with Crippen LogP contribution in [0.4, 0.5) is 13.2 Å². The zero-order valence-electron chi connectivity index (χ0n) is 11.9. The van der Waals surface area contributed by atoms with E-state index in [1.54, 1.807) is 0 Å². The molecule has 0 heterocycles. The van der Waals surface area contributed by atoms with Crippen LogP contribution in [0.5, 0.6) is 0 Å². The van der Waals surface area contributed by atoms with Crippen molar-refractivity contribution >= 4 is 5.97 Å². The lowest BCUT2D eigenvalue weighted by Gasteiger charge is -2.46. The van der Waals surface area contributed by atoms with Gasteiger partial charge in [0.2, 0.25) is 0 Å². The van der Waals surface area contributed by atoms with Crippen molar-refractivity contribution < 1.29 is 28.2 Å². The van der Waals surface area contributed by atoms with Crippen molar-refractivity contribution in [2.45, 2.75) is 51.9 Å². The summed E-state index contributed by atoms with van der Waals surface area (Å²) < 4.78 is 36.8. The molecule has 0 spiro atoms. The lowest BCUT2D eigenvalue weighted by molar-refractivity contribution is -0.202. The van der Waals surface area contributed by atoms with Crippen LogP contribution in [0.15, 0.2) is 0 Å². The van der Waals surface area contributed by atoms with E-state index in [4.69, 9.17) is 5.11 Å². The first-order valence-electron chi connectivity index (χ1n) is 6.69. The average molecular weight is 297 g/mol. The van der Waals surface area contributed by atoms with Crippen LogP contribution in [0.2, 0.25) is 0 Å². The maximum atomic E-state index is 12.3. The Labute approximate surface area is 116 Å². The third-order valence-electron chi connectivity index (χ3n) is 4.69. The zero-order chi connectivity index (χ0) is 15.7. The van der Waals surface area contributed by atoms with Gasteiger partial charge in [0.25, 0.3) is 0 Å². The molecule has 0 aliphatic heterocycles. The van der Waals surface area contributed by atoms with E-state index in [2.05, 4.69) is 5.32 Å². The standard InChI is InChI=1S/C13H22F3NO3/c1-7-9(17-6-10(18)13(14,15)16)5-4-8(11(19)20)12(7,2)3/h7-10,17-18H,4-6H2,1-3H3,(H,19,20). The Morgan fingerprint density at radius 1 is 1.40 bits per heavy atom. The number of carboxylic acids is 1. The van der Waals surface area contributed by atoms with Crippen LogP contribution in [-0.4, -0.2) is 41.0 Å². The maximum absolute atomic E-state index is 12.3. The second-order valence-electron chi connectivity index (χ2n) is 6.15. The van der Waals surface area contributed by atoms with Gasteiger partial charge in [0.15, 0.2) is 6.10 Å². The molecule has 1 saturated carbocycles. The first-order chi connectivity index (χ1) is 8.98. The Bertz CT molecular complexity index is 357. The largest absolute Gasteiger partial charge is 0.481 e. The highest BCUT2D eigenvalue weighted by molar-refractivity contribution is 5.71. The Balaban J connectivity index is 2.65. The summed E-state index contributed by atoms with van der Waals surface area (Å²) in [7, 11) is 0. The van der Waals surface area contributed by atoms with E-state index in [9.17, 15) is 23.1 Å². The number of hydrogen-bond donors (Lipinski definition) is 3. The summed E-state index contributed by atoms with van der Waals surface area (Å²) in [5, 5.41) is 20.9. The fraction of sp³-hybridized carbons (Fsp3) is 0.923. The second-order valence-corrected chi connectivity index (χ2v) is 6.15. The second kappa shape index (κ2) is 5.89. The minimum Gasteiger partial charge on any atom is -0.481 e. The van der Waals surface area contributed by atoms with E-state index in [1.165, 1.54) is 0 Å². The van der Waals surface area contributed by atoms with Gasteiger partial charge >= 0.3 is 12.1 Å². The summed E-state index contributed by atoms with van der Waals surface area (Å²) in [6, 6.07) is -0.224. The fourth-order valence-electron chi connectivity index (χ4n) is 2.90. The number of aliphatic hydroxyl groups is 1. The third kappa shape index (κ3) is 3.63. The van der Waals surface area contributed by atoms with Gasteiger partial charge in [0.05, 0.1) is 5.92 Å². The maximum Gasteiger partial charge on any atom is 0.415 e. The number of aliphatic carboxylic acids is 1. The van der Waals surface area contributed by atoms with Gasteiger partial charge < -0.3 is 15.5 Å². The SMILES string of the molecule is CC1C(NCC(O)C(F)(F)F)CCC(C(=O)O)C1(C)C. The van der Waals surface area contributed by atoms with Gasteiger partial charge in [-0.25, -0.2) is 0 Å². The molecule has 20 heavy (non-hydrogen) atoms. The quantitative estimate of drug-likeness (QED) is 0.742. The van der Waals surface area contributed by atoms with E-state index < -0.39 is 36.1 Å². The molecular weight excluding hydrogens is 275 g/mol. The van der Waals surface area contributed by atoms with Gasteiger partial charge in [-0.2, -0.15) is 13.2 Å². The van der Waals surface area contributed by atoms with Crippen molar-refractivity contribution in [1.82, 2.24) is 5.32 Å². The molecule has 1 fully saturated rings. The predicted octanol–water partition coefficient (Wildman–Crippen LogP) is 2.02. The van der Waals surface area contributed by atoms with Gasteiger partial charge in [-0.3, -0.25) is 4.79 Å². The molecular formula is C13H22F3NO3. The molecule has 4 nitrogen and oxygen atoms in total. The van der Waals surface area contributed by atoms with Crippen LogP contribution in [0.3, 0.4) is 0 Å². The van der Waals surface area contributed by atoms with E-state index in [0.29, 0.717) is 12.8 Å². The number of nitrogens with one attached hydrogen (secondary N) is 1. The van der Waals surface area contributed by atoms with Crippen LogP contribution in [0.1, 0.15) is 33.6 Å². The normalized spacial score (nSPS) is 31.9. The summed E-state index contributed by atoms with van der Waals surface area (Å²) in [4.78, 5) is 11.2. The van der Waals surface area contributed by atoms with Crippen molar-refractivity contribution in [3.8, 4) is 0 Å². The summed E-state index contributed by atoms with van der Waals surface area (Å²) in [5.74, 6) is -1.46. The third-order valence-corrected chi connectivity index (χ3v) is 4.69. The van der Waals surface area contributed by atoms with Gasteiger partial charge in [-0.05, 0) is 24.2 Å². The van der Waals surface area contributed by atoms with Crippen LogP contribution < -0.4 is 5.32 Å². The first kappa shape index (κ1) is 17.2. The van der Waals surface area contributed by atoms with Gasteiger partial charge in [-0.1, -0.05) is 20.8 Å². The number of aliphatic hydroxyl groups excluding tert-OH is 1. The van der Waals surface area contributed by atoms with Crippen molar-refractivity contribution in [1.29, 1.82) is 0 Å². The Kier molecular flexibility index (Phi) is 5.08. The smallest absolute Gasteiger partial charge is 0.415 e. The number of carboxylic acid groups (broad SMARTS) is 1. The Hall–Kier alpha value is -0.820. The topological polar surface area (TPSA) is 69.6 Å². The molecule has 4 unspecified atom stereocenters. The van der Waals surface area contributed by atoms with Crippen LogP contribution in [0, 0.1) is 17.3 Å². The summed E-state index contributed by atoms with van der Waals surface area (Å²) in [5.41, 5.74) is -0.509. The molecule has 0 bridgehead atoms. The highest BCUT2D eigenvalue weighted by Gasteiger charge is 2.46. The lowest BCUT2D eigenvalue weighted by atomic mass is 9.61. The summed E-state index contributed by atoms with van der Waals surface area (Å²) in [6.45, 7) is 4.92. The highest BCUT2D eigenvalue weighted by Crippen LogP contribution is 2.45. The molecule has 0 saturated heterocycles. The highest BCUT2D eigenvalue weighted by atomic mass is 19.4. The molecule has 1 rings (SSSR count). The Morgan fingerprint density at radius 2 is 1.95 bits per heavy atom. The molecule has 1 aliphatic carbocycles. The first-order valence-corrected chi connectivity index (χ1v) is 6.69. The number of halogens is 3. The van der Waals surface area contributed by atoms with Crippen molar-refractivity contribution in [2.24, 2.45) is 17.3 Å². The lowest BCUT2D eigenvalue weighted by Crippen LogP contribution is -2.53. The molecule has 0 aromatic heterocycles. The predicted molar refractivity (Wildman–Crippen MR) is 67.2 cm³/mol. The molecule has 4 atom stereocenters. The summed E-state index contributed by atoms with van der Waals surface area (Å²) in [6.07, 6.45) is -6.11. The van der Waals surface area contributed by atoms with E-state index in [1.807, 2.05) is 20.8 Å². The number of carbonyl (C=O) groups is 1.